The van der Waals surface area contributed by atoms with Crippen molar-refractivity contribution in [3.8, 4) is 0 Å². The molecule has 4 rings (SSSR count). The first-order chi connectivity index (χ1) is 18.8. The highest BCUT2D eigenvalue weighted by atomic mass is 35.5. The van der Waals surface area contributed by atoms with E-state index >= 15 is 0 Å². The molecule has 1 amide bonds. The molecule has 3 unspecified atom stereocenters. The monoisotopic (exact) mass is 610 g/mol. The molecular formula is C29H36Cl2N2O6S. The predicted octanol–water partition coefficient (Wildman–Crippen LogP) is 5.03. The number of hydrogen-bond acceptors (Lipinski definition) is 5. The number of nitrogens with one attached hydrogen (secondary N) is 2. The molecule has 3 N–H and O–H groups in total. The maximum absolute atomic E-state index is 13.9. The van der Waals surface area contributed by atoms with Crippen LogP contribution in [0.4, 0.5) is 0 Å². The molecule has 2 aliphatic rings. The third-order valence-electron chi connectivity index (χ3n) is 8.36. The minimum absolute atomic E-state index is 0.253. The summed E-state index contributed by atoms with van der Waals surface area (Å²) in [6.07, 6.45) is 0.0307. The molecule has 2 saturated heterocycles. The van der Waals surface area contributed by atoms with E-state index in [1.165, 1.54) is 0 Å². The lowest BCUT2D eigenvalue weighted by molar-refractivity contribution is -0.142. The lowest BCUT2D eigenvalue weighted by Crippen LogP contribution is -2.54. The third kappa shape index (κ3) is 6.99. The third-order valence-corrected chi connectivity index (χ3v) is 10.8. The van der Waals surface area contributed by atoms with Gasteiger partial charge in [0.25, 0.3) is 0 Å². The Hall–Kier alpha value is -2.17. The Morgan fingerprint density at radius 2 is 1.82 bits per heavy atom. The van der Waals surface area contributed by atoms with E-state index in [4.69, 9.17) is 27.9 Å². The maximum atomic E-state index is 13.9. The molecule has 2 heterocycles. The lowest BCUT2D eigenvalue weighted by atomic mass is 9.71. The zero-order valence-electron chi connectivity index (χ0n) is 22.8. The van der Waals surface area contributed by atoms with E-state index < -0.39 is 39.1 Å². The molecule has 218 valence electrons. The topological polar surface area (TPSA) is 122 Å². The molecule has 11 heteroatoms. The van der Waals surface area contributed by atoms with Crippen molar-refractivity contribution in [1.29, 1.82) is 0 Å². The quantitative estimate of drug-likeness (QED) is 0.328. The van der Waals surface area contributed by atoms with Crippen molar-refractivity contribution in [1.82, 2.24) is 10.0 Å². The number of ether oxygens (including phenoxy) is 1. The molecule has 40 heavy (non-hydrogen) atoms. The number of aliphatic carboxylic acids is 1. The molecule has 6 atom stereocenters. The highest BCUT2D eigenvalue weighted by Gasteiger charge is 2.45. The number of sulfonamides is 1. The molecule has 8 nitrogen and oxygen atoms in total. The van der Waals surface area contributed by atoms with Gasteiger partial charge >= 0.3 is 5.97 Å². The number of carboxylic acids is 1. The van der Waals surface area contributed by atoms with E-state index in [2.05, 4.69) is 10.0 Å². The fraction of sp³-hybridized carbons (Fsp3) is 0.517. The van der Waals surface area contributed by atoms with Crippen LogP contribution in [0.5, 0.6) is 0 Å². The van der Waals surface area contributed by atoms with Crippen LogP contribution in [0.3, 0.4) is 0 Å². The zero-order chi connectivity index (χ0) is 29.2. The van der Waals surface area contributed by atoms with Gasteiger partial charge in [0, 0.05) is 39.9 Å². The van der Waals surface area contributed by atoms with Crippen LogP contribution in [-0.2, 0) is 24.3 Å². The van der Waals surface area contributed by atoms with Gasteiger partial charge in [-0.15, -0.1) is 0 Å². The number of amides is 1. The highest BCUT2D eigenvalue weighted by Crippen LogP contribution is 2.43. The van der Waals surface area contributed by atoms with Crippen LogP contribution in [-0.4, -0.2) is 51.2 Å². The second-order valence-corrected chi connectivity index (χ2v) is 14.3. The van der Waals surface area contributed by atoms with Crippen LogP contribution in [0.15, 0.2) is 48.5 Å². The van der Waals surface area contributed by atoms with E-state index in [0.29, 0.717) is 35.2 Å². The average Bonchev–Trinajstić information content (AvgIpc) is 2.87. The summed E-state index contributed by atoms with van der Waals surface area (Å²) in [4.78, 5) is 24.6. The smallest absolute Gasteiger partial charge is 0.304 e. The van der Waals surface area contributed by atoms with Crippen molar-refractivity contribution in [2.24, 2.45) is 23.2 Å². The minimum Gasteiger partial charge on any atom is -0.481 e. The van der Waals surface area contributed by atoms with Gasteiger partial charge in [0.05, 0.1) is 19.6 Å². The summed E-state index contributed by atoms with van der Waals surface area (Å²) in [5.41, 5.74) is 1.20. The zero-order valence-corrected chi connectivity index (χ0v) is 25.1. The molecule has 2 aromatic carbocycles. The molecule has 0 bridgehead atoms. The Morgan fingerprint density at radius 3 is 2.40 bits per heavy atom. The van der Waals surface area contributed by atoms with Crippen molar-refractivity contribution in [3.05, 3.63) is 69.7 Å². The van der Waals surface area contributed by atoms with Gasteiger partial charge in [0.1, 0.15) is 5.25 Å². The summed E-state index contributed by atoms with van der Waals surface area (Å²) in [6, 6.07) is 13.6. The average molecular weight is 612 g/mol. The minimum atomic E-state index is -3.87. The number of halogens is 2. The molecule has 2 fully saturated rings. The van der Waals surface area contributed by atoms with Crippen molar-refractivity contribution in [2.75, 3.05) is 19.8 Å². The fourth-order valence-corrected chi connectivity index (χ4v) is 8.23. The number of benzene rings is 2. The Kier molecular flexibility index (Phi) is 9.52. The van der Waals surface area contributed by atoms with Crippen LogP contribution in [0.2, 0.25) is 10.0 Å². The molecule has 2 aliphatic heterocycles. The van der Waals surface area contributed by atoms with E-state index in [1.807, 2.05) is 39.0 Å². The largest absolute Gasteiger partial charge is 0.481 e. The summed E-state index contributed by atoms with van der Waals surface area (Å²) < 4.78 is 35.9. The number of carbonyl (C=O) groups is 2. The molecule has 0 aliphatic carbocycles. The fourth-order valence-electron chi connectivity index (χ4n) is 5.85. The second-order valence-electron chi connectivity index (χ2n) is 11.6. The van der Waals surface area contributed by atoms with Crippen LogP contribution < -0.4 is 10.0 Å². The van der Waals surface area contributed by atoms with Crippen LogP contribution in [0, 0.1) is 23.2 Å². The second kappa shape index (κ2) is 12.4. The number of piperidine rings is 1. The van der Waals surface area contributed by atoms with Crippen LogP contribution in [0.25, 0.3) is 0 Å². The van der Waals surface area contributed by atoms with Gasteiger partial charge in [-0.1, -0.05) is 68.2 Å². The van der Waals surface area contributed by atoms with E-state index in [9.17, 15) is 23.1 Å². The number of carboxylic acid groups (broad SMARTS) is 1. The number of carbonyl (C=O) groups excluding carboxylic acids is 1. The lowest BCUT2D eigenvalue weighted by Gasteiger charge is -2.43. The Balaban J connectivity index is 1.68. The molecule has 0 spiro atoms. The standard InChI is InChI=1S/C29H36Cl2N2O6S/c1-17(26-24(20-5-4-6-23(31)11-20)12-21(13-25(34)35)28(36)33-26)18(2)27(19-7-9-22(30)10-8-19)40(37,38)32-14-29(3)15-39-16-29/h4-11,17-18,21,24,26-27,32H,12-16H2,1-3H3,(H,33,36)(H,34,35)/t17?,18?,21-,24-,26+,27?/m1/s1. The molecule has 0 radical (unpaired) electrons. The highest BCUT2D eigenvalue weighted by molar-refractivity contribution is 7.89. The first-order valence-corrected chi connectivity index (χ1v) is 15.7. The van der Waals surface area contributed by atoms with Gasteiger partial charge in [-0.25, -0.2) is 13.1 Å². The Labute approximate surface area is 245 Å². The van der Waals surface area contributed by atoms with Crippen LogP contribution in [0.1, 0.15) is 55.9 Å². The predicted molar refractivity (Wildman–Crippen MR) is 155 cm³/mol. The van der Waals surface area contributed by atoms with Gasteiger partial charge in [-0.2, -0.15) is 0 Å². The summed E-state index contributed by atoms with van der Waals surface area (Å²) in [5, 5.41) is 12.6. The van der Waals surface area contributed by atoms with Gasteiger partial charge in [0.15, 0.2) is 0 Å². The van der Waals surface area contributed by atoms with Crippen molar-refractivity contribution >= 4 is 45.1 Å². The molecule has 0 aromatic heterocycles. The van der Waals surface area contributed by atoms with Gasteiger partial charge in [-0.05, 0) is 53.6 Å². The summed E-state index contributed by atoms with van der Waals surface area (Å²) >= 11 is 12.4. The van der Waals surface area contributed by atoms with Gasteiger partial charge < -0.3 is 15.2 Å². The summed E-state index contributed by atoms with van der Waals surface area (Å²) in [5.74, 6) is -3.12. The number of hydrogen-bond donors (Lipinski definition) is 3. The maximum Gasteiger partial charge on any atom is 0.304 e. The van der Waals surface area contributed by atoms with Crippen LogP contribution >= 0.6 is 23.2 Å². The first-order valence-electron chi connectivity index (χ1n) is 13.4. The van der Waals surface area contributed by atoms with E-state index in [-0.39, 0.29) is 36.1 Å². The summed E-state index contributed by atoms with van der Waals surface area (Å²) in [7, 11) is -3.87. The van der Waals surface area contributed by atoms with E-state index in [1.54, 1.807) is 30.3 Å². The van der Waals surface area contributed by atoms with Crippen molar-refractivity contribution in [3.63, 3.8) is 0 Å². The van der Waals surface area contributed by atoms with Crippen molar-refractivity contribution < 1.29 is 27.9 Å². The van der Waals surface area contributed by atoms with E-state index in [0.717, 1.165) is 5.56 Å². The summed E-state index contributed by atoms with van der Waals surface area (Å²) in [6.45, 7) is 7.01. The van der Waals surface area contributed by atoms with Crippen molar-refractivity contribution in [2.45, 2.75) is 50.8 Å². The Morgan fingerprint density at radius 1 is 1.15 bits per heavy atom. The first kappa shape index (κ1) is 30.8. The molecule has 0 saturated carbocycles. The SMILES string of the molecule is CC(C(C)[C@@H]1NC(=O)[C@@H](CC(=O)O)C[C@@H]1c1cccc(Cl)c1)C(c1ccc(Cl)cc1)S(=O)(=O)NCC1(C)COC1. The molecule has 2 aromatic rings. The molecular weight excluding hydrogens is 575 g/mol. The normalized spacial score (nSPS) is 24.8. The van der Waals surface area contributed by atoms with Gasteiger partial charge in [-0.3, -0.25) is 9.59 Å². The van der Waals surface area contributed by atoms with Gasteiger partial charge in [0.2, 0.25) is 15.9 Å². The number of rotatable bonds is 11. The Bertz CT molecular complexity index is 1330.